The summed E-state index contributed by atoms with van der Waals surface area (Å²) in [6.07, 6.45) is 8.04. The maximum absolute atomic E-state index is 4.65. The van der Waals surface area contributed by atoms with Crippen LogP contribution in [0.2, 0.25) is 0 Å². The van der Waals surface area contributed by atoms with Crippen LogP contribution in [0.25, 0.3) is 11.3 Å². The topological polar surface area (TPSA) is 58.9 Å². The Morgan fingerprint density at radius 1 is 1.12 bits per heavy atom. The number of benzene rings is 1. The van der Waals surface area contributed by atoms with Crippen LogP contribution >= 0.6 is 0 Å². The molecular weight excluding hydrogens is 324 g/mol. The van der Waals surface area contributed by atoms with Gasteiger partial charge in [0, 0.05) is 62.4 Å². The van der Waals surface area contributed by atoms with Gasteiger partial charge in [0.05, 0.1) is 5.69 Å². The Balaban J connectivity index is 1.43. The summed E-state index contributed by atoms with van der Waals surface area (Å²) >= 11 is 0. The van der Waals surface area contributed by atoms with E-state index in [1.54, 1.807) is 12.4 Å². The van der Waals surface area contributed by atoms with Crippen molar-refractivity contribution < 1.29 is 0 Å². The molecule has 1 aromatic carbocycles. The van der Waals surface area contributed by atoms with Crippen molar-refractivity contribution in [1.29, 1.82) is 0 Å². The van der Waals surface area contributed by atoms with Crippen LogP contribution in [0.15, 0.2) is 55.0 Å². The number of aryl methyl sites for hydroxylation is 1. The minimum absolute atomic E-state index is 0.427. The molecule has 3 heterocycles. The van der Waals surface area contributed by atoms with Gasteiger partial charge in [-0.25, -0.2) is 9.97 Å². The lowest BCUT2D eigenvalue weighted by Gasteiger charge is -2.33. The first-order valence-corrected chi connectivity index (χ1v) is 9.13. The second-order valence-corrected chi connectivity index (χ2v) is 6.76. The van der Waals surface area contributed by atoms with E-state index in [2.05, 4.69) is 55.7 Å². The predicted molar refractivity (Wildman–Crippen MR) is 103 cm³/mol. The average molecular weight is 348 g/mol. The fraction of sp³-hybridized carbons (Fsp3) is 0.350. The third kappa shape index (κ3) is 3.75. The molecule has 1 saturated heterocycles. The highest BCUT2D eigenvalue weighted by molar-refractivity contribution is 5.62. The summed E-state index contributed by atoms with van der Waals surface area (Å²) in [6.45, 7) is 2.77. The molecule has 4 rings (SSSR count). The highest BCUT2D eigenvalue weighted by atomic mass is 15.3. The van der Waals surface area contributed by atoms with Crippen molar-refractivity contribution in [2.75, 3.05) is 18.0 Å². The molecule has 26 heavy (non-hydrogen) atoms. The Morgan fingerprint density at radius 2 is 1.92 bits per heavy atom. The minimum atomic E-state index is 0.427. The minimum Gasteiger partial charge on any atom is -0.339 e. The molecule has 2 aromatic heterocycles. The van der Waals surface area contributed by atoms with Gasteiger partial charge in [-0.05, 0) is 18.9 Å². The van der Waals surface area contributed by atoms with E-state index < -0.39 is 0 Å². The number of rotatable bonds is 5. The number of nitrogens with one attached hydrogen (secondary N) is 1. The SMILES string of the molecule is Cn1cc(CN[C@@H]2CCCN(c3ncccn3)C2)c(-c2ccccc2)n1. The summed E-state index contributed by atoms with van der Waals surface area (Å²) in [4.78, 5) is 11.0. The van der Waals surface area contributed by atoms with Crippen molar-refractivity contribution in [3.63, 3.8) is 0 Å². The fourth-order valence-electron chi connectivity index (χ4n) is 3.54. The lowest BCUT2D eigenvalue weighted by Crippen LogP contribution is -2.46. The molecule has 0 bridgehead atoms. The Labute approximate surface area is 153 Å². The zero-order valence-corrected chi connectivity index (χ0v) is 15.0. The number of nitrogens with zero attached hydrogens (tertiary/aromatic N) is 5. The molecule has 1 aliphatic heterocycles. The van der Waals surface area contributed by atoms with Crippen LogP contribution in [0.4, 0.5) is 5.95 Å². The highest BCUT2D eigenvalue weighted by Gasteiger charge is 2.22. The van der Waals surface area contributed by atoms with E-state index in [1.165, 1.54) is 12.0 Å². The smallest absolute Gasteiger partial charge is 0.225 e. The second kappa shape index (κ2) is 7.66. The van der Waals surface area contributed by atoms with E-state index in [9.17, 15) is 0 Å². The first kappa shape index (κ1) is 16.7. The van der Waals surface area contributed by atoms with Gasteiger partial charge in [0.2, 0.25) is 5.95 Å². The number of aromatic nitrogens is 4. The number of hydrogen-bond donors (Lipinski definition) is 1. The monoisotopic (exact) mass is 348 g/mol. The van der Waals surface area contributed by atoms with Crippen LogP contribution in [0, 0.1) is 0 Å². The van der Waals surface area contributed by atoms with Crippen LogP contribution in [0.5, 0.6) is 0 Å². The van der Waals surface area contributed by atoms with Crippen LogP contribution in [-0.2, 0) is 13.6 Å². The predicted octanol–water partition coefficient (Wildman–Crippen LogP) is 2.64. The van der Waals surface area contributed by atoms with Gasteiger partial charge in [-0.2, -0.15) is 5.10 Å². The molecule has 1 aliphatic rings. The van der Waals surface area contributed by atoms with Crippen LogP contribution < -0.4 is 10.2 Å². The van der Waals surface area contributed by atoms with Crippen LogP contribution in [-0.4, -0.2) is 38.9 Å². The quantitative estimate of drug-likeness (QED) is 0.768. The second-order valence-electron chi connectivity index (χ2n) is 6.76. The molecule has 0 radical (unpaired) electrons. The fourth-order valence-corrected chi connectivity index (χ4v) is 3.54. The van der Waals surface area contributed by atoms with E-state index in [0.29, 0.717) is 6.04 Å². The molecule has 1 atom stereocenters. The molecule has 6 heteroatoms. The summed E-state index contributed by atoms with van der Waals surface area (Å²) in [5.41, 5.74) is 3.44. The Hall–Kier alpha value is -2.73. The van der Waals surface area contributed by atoms with Gasteiger partial charge in [0.1, 0.15) is 0 Å². The van der Waals surface area contributed by atoms with E-state index in [0.717, 1.165) is 43.3 Å². The third-order valence-corrected chi connectivity index (χ3v) is 4.79. The van der Waals surface area contributed by atoms with E-state index in [1.807, 2.05) is 23.9 Å². The van der Waals surface area contributed by atoms with E-state index >= 15 is 0 Å². The molecule has 3 aromatic rings. The first-order chi connectivity index (χ1) is 12.8. The third-order valence-electron chi connectivity index (χ3n) is 4.79. The lowest BCUT2D eigenvalue weighted by molar-refractivity contribution is 0.418. The van der Waals surface area contributed by atoms with Crippen molar-refractivity contribution in [3.05, 3.63) is 60.6 Å². The summed E-state index contributed by atoms with van der Waals surface area (Å²) in [5, 5.41) is 8.36. The molecule has 0 unspecified atom stereocenters. The van der Waals surface area contributed by atoms with Gasteiger partial charge in [-0.1, -0.05) is 30.3 Å². The Morgan fingerprint density at radius 3 is 2.73 bits per heavy atom. The molecule has 0 spiro atoms. The van der Waals surface area contributed by atoms with Crippen molar-refractivity contribution >= 4 is 5.95 Å². The van der Waals surface area contributed by atoms with Crippen molar-refractivity contribution in [3.8, 4) is 11.3 Å². The van der Waals surface area contributed by atoms with Crippen molar-refractivity contribution in [1.82, 2.24) is 25.1 Å². The van der Waals surface area contributed by atoms with Gasteiger partial charge in [-0.15, -0.1) is 0 Å². The van der Waals surface area contributed by atoms with Gasteiger partial charge in [-0.3, -0.25) is 4.68 Å². The van der Waals surface area contributed by atoms with Gasteiger partial charge >= 0.3 is 0 Å². The van der Waals surface area contributed by atoms with Crippen molar-refractivity contribution in [2.45, 2.75) is 25.4 Å². The average Bonchev–Trinajstić information content (AvgIpc) is 3.09. The normalized spacial score (nSPS) is 17.4. The maximum Gasteiger partial charge on any atom is 0.225 e. The first-order valence-electron chi connectivity index (χ1n) is 9.13. The number of anilines is 1. The lowest BCUT2D eigenvalue weighted by atomic mass is 10.0. The molecule has 1 fully saturated rings. The van der Waals surface area contributed by atoms with E-state index in [-0.39, 0.29) is 0 Å². The van der Waals surface area contributed by atoms with Crippen LogP contribution in [0.1, 0.15) is 18.4 Å². The zero-order valence-electron chi connectivity index (χ0n) is 15.0. The molecular formula is C20H24N6. The number of hydrogen-bond acceptors (Lipinski definition) is 5. The standard InChI is InChI=1S/C20H24N6/c1-25-14-17(19(24-25)16-7-3-2-4-8-16)13-23-18-9-5-12-26(15-18)20-21-10-6-11-22-20/h2-4,6-8,10-11,14,18,23H,5,9,12-13,15H2,1H3/t18-/m1/s1. The zero-order chi connectivity index (χ0) is 17.8. The molecule has 6 nitrogen and oxygen atoms in total. The number of piperidine rings is 1. The Bertz CT molecular complexity index is 830. The molecule has 0 saturated carbocycles. The Kier molecular flexibility index (Phi) is 4.93. The summed E-state index contributed by atoms with van der Waals surface area (Å²) in [5.74, 6) is 0.824. The maximum atomic E-state index is 4.65. The van der Waals surface area contributed by atoms with Gasteiger partial charge in [0.25, 0.3) is 0 Å². The summed E-state index contributed by atoms with van der Waals surface area (Å²) in [7, 11) is 1.98. The summed E-state index contributed by atoms with van der Waals surface area (Å²) < 4.78 is 1.89. The highest BCUT2D eigenvalue weighted by Crippen LogP contribution is 2.22. The van der Waals surface area contributed by atoms with Crippen LogP contribution in [0.3, 0.4) is 0 Å². The van der Waals surface area contributed by atoms with Gasteiger partial charge in [0.15, 0.2) is 0 Å². The van der Waals surface area contributed by atoms with Crippen molar-refractivity contribution in [2.24, 2.45) is 7.05 Å². The largest absolute Gasteiger partial charge is 0.339 e. The molecule has 1 N–H and O–H groups in total. The van der Waals surface area contributed by atoms with Gasteiger partial charge < -0.3 is 10.2 Å². The summed E-state index contributed by atoms with van der Waals surface area (Å²) in [6, 6.07) is 12.7. The molecule has 0 aliphatic carbocycles. The van der Waals surface area contributed by atoms with E-state index in [4.69, 9.17) is 0 Å². The molecule has 134 valence electrons. The molecule has 0 amide bonds.